The summed E-state index contributed by atoms with van der Waals surface area (Å²) < 4.78 is 2.33. The molecule has 1 saturated carbocycles. The van der Waals surface area contributed by atoms with Crippen molar-refractivity contribution in [3.8, 4) is 5.69 Å². The van der Waals surface area contributed by atoms with E-state index in [1.165, 1.54) is 49.0 Å². The van der Waals surface area contributed by atoms with Crippen LogP contribution in [0, 0.1) is 6.92 Å². The van der Waals surface area contributed by atoms with E-state index in [0.29, 0.717) is 6.04 Å². The lowest BCUT2D eigenvalue weighted by atomic mass is 9.91. The molecule has 3 heterocycles. The van der Waals surface area contributed by atoms with E-state index in [1.54, 1.807) is 0 Å². The minimum atomic E-state index is 0.0401. The van der Waals surface area contributed by atoms with Crippen molar-refractivity contribution in [1.82, 2.24) is 19.8 Å². The molecule has 0 bridgehead atoms. The Morgan fingerprint density at radius 3 is 2.53 bits per heavy atom. The third-order valence-electron chi connectivity index (χ3n) is 6.56. The number of thiocarbonyl (C=S) groups is 1. The maximum absolute atomic E-state index is 5.91. The molecule has 1 aromatic carbocycles. The lowest BCUT2D eigenvalue weighted by Crippen LogP contribution is -2.40. The summed E-state index contributed by atoms with van der Waals surface area (Å²) in [5, 5.41) is 4.49. The molecule has 3 aromatic rings. The molecular weight excluding hydrogens is 388 g/mol. The summed E-state index contributed by atoms with van der Waals surface area (Å²) in [6.45, 7) is 2.17. The van der Waals surface area contributed by atoms with Crippen LogP contribution < -0.4 is 5.32 Å². The second kappa shape index (κ2) is 8.23. The van der Waals surface area contributed by atoms with E-state index < -0.39 is 0 Å². The maximum Gasteiger partial charge on any atom is 0.170 e. The zero-order valence-corrected chi connectivity index (χ0v) is 18.2. The zero-order valence-electron chi connectivity index (χ0n) is 17.4. The minimum Gasteiger partial charge on any atom is -0.352 e. The average Bonchev–Trinajstić information content (AvgIpc) is 3.39. The first-order valence-corrected chi connectivity index (χ1v) is 11.4. The molecule has 1 N–H and O–H groups in total. The Bertz CT molecular complexity index is 1020. The van der Waals surface area contributed by atoms with Gasteiger partial charge in [0, 0.05) is 29.8 Å². The molecule has 0 radical (unpaired) electrons. The van der Waals surface area contributed by atoms with E-state index in [4.69, 9.17) is 17.2 Å². The third kappa shape index (κ3) is 3.41. The van der Waals surface area contributed by atoms with Crippen LogP contribution in [0.25, 0.3) is 5.69 Å². The highest BCUT2D eigenvalue weighted by Crippen LogP contribution is 2.43. The van der Waals surface area contributed by atoms with Crippen LogP contribution in [0.15, 0.2) is 67.0 Å². The van der Waals surface area contributed by atoms with Gasteiger partial charge in [0.25, 0.3) is 0 Å². The number of aromatic nitrogens is 2. The van der Waals surface area contributed by atoms with E-state index in [-0.39, 0.29) is 12.1 Å². The molecule has 154 valence electrons. The molecule has 2 aliphatic rings. The highest BCUT2D eigenvalue weighted by atomic mass is 32.1. The Hall–Kier alpha value is -2.66. The van der Waals surface area contributed by atoms with Crippen molar-refractivity contribution < 1.29 is 0 Å². The predicted molar refractivity (Wildman–Crippen MR) is 125 cm³/mol. The van der Waals surface area contributed by atoms with Crippen molar-refractivity contribution in [3.63, 3.8) is 0 Å². The SMILES string of the molecule is Cc1ccccc1-n1cccc1[C@H]1[C@@H](c2ccccn2)NC(=S)N1C1CCCCC1. The number of nitrogens with one attached hydrogen (secondary N) is 1. The highest BCUT2D eigenvalue weighted by molar-refractivity contribution is 7.80. The molecule has 2 fully saturated rings. The fraction of sp³-hybridized carbons (Fsp3) is 0.360. The average molecular weight is 417 g/mol. The lowest BCUT2D eigenvalue weighted by Gasteiger charge is -2.37. The summed E-state index contributed by atoms with van der Waals surface area (Å²) in [5.74, 6) is 0. The zero-order chi connectivity index (χ0) is 20.5. The largest absolute Gasteiger partial charge is 0.352 e. The Kier molecular flexibility index (Phi) is 5.30. The Morgan fingerprint density at radius 2 is 1.77 bits per heavy atom. The number of benzene rings is 1. The van der Waals surface area contributed by atoms with Crippen LogP contribution in [0.2, 0.25) is 0 Å². The number of pyridine rings is 1. The predicted octanol–water partition coefficient (Wildman–Crippen LogP) is 5.49. The van der Waals surface area contributed by atoms with Gasteiger partial charge >= 0.3 is 0 Å². The van der Waals surface area contributed by atoms with Crippen molar-refractivity contribution >= 4 is 17.3 Å². The summed E-state index contributed by atoms with van der Waals surface area (Å²) in [6, 6.07) is 19.8. The van der Waals surface area contributed by atoms with Crippen LogP contribution >= 0.6 is 12.2 Å². The summed E-state index contributed by atoms with van der Waals surface area (Å²) in [5.41, 5.74) is 4.79. The van der Waals surface area contributed by atoms with Crippen LogP contribution in [0.1, 0.15) is 61.1 Å². The maximum atomic E-state index is 5.91. The Morgan fingerprint density at radius 1 is 0.967 bits per heavy atom. The molecule has 4 nitrogen and oxygen atoms in total. The highest BCUT2D eigenvalue weighted by Gasteiger charge is 2.44. The van der Waals surface area contributed by atoms with Crippen LogP contribution in [0.5, 0.6) is 0 Å². The molecule has 0 unspecified atom stereocenters. The van der Waals surface area contributed by atoms with Gasteiger partial charge in [-0.3, -0.25) is 4.98 Å². The van der Waals surface area contributed by atoms with E-state index in [1.807, 2.05) is 12.3 Å². The van der Waals surface area contributed by atoms with Gasteiger partial charge in [-0.05, 0) is 67.9 Å². The number of para-hydroxylation sites is 1. The fourth-order valence-electron chi connectivity index (χ4n) is 5.12. The lowest BCUT2D eigenvalue weighted by molar-refractivity contribution is 0.193. The number of aryl methyl sites for hydroxylation is 1. The van der Waals surface area contributed by atoms with E-state index in [9.17, 15) is 0 Å². The molecule has 1 aliphatic carbocycles. The van der Waals surface area contributed by atoms with Crippen molar-refractivity contribution in [2.24, 2.45) is 0 Å². The van der Waals surface area contributed by atoms with Gasteiger partial charge in [0.2, 0.25) is 0 Å². The molecule has 2 atom stereocenters. The van der Waals surface area contributed by atoms with Gasteiger partial charge in [-0.15, -0.1) is 0 Å². The molecule has 1 saturated heterocycles. The minimum absolute atomic E-state index is 0.0401. The first kappa shape index (κ1) is 19.3. The molecule has 1 aliphatic heterocycles. The Balaban J connectivity index is 1.62. The second-order valence-corrected chi connectivity index (χ2v) is 8.80. The number of rotatable bonds is 4. The van der Waals surface area contributed by atoms with Crippen LogP contribution in [0.3, 0.4) is 0 Å². The van der Waals surface area contributed by atoms with Gasteiger partial charge in [0.15, 0.2) is 5.11 Å². The molecule has 5 rings (SSSR count). The Labute approximate surface area is 183 Å². The quantitative estimate of drug-likeness (QED) is 0.571. The monoisotopic (exact) mass is 416 g/mol. The second-order valence-electron chi connectivity index (χ2n) is 8.42. The molecule has 30 heavy (non-hydrogen) atoms. The molecule has 0 spiro atoms. The van der Waals surface area contributed by atoms with Crippen LogP contribution in [-0.4, -0.2) is 25.6 Å². The molecule has 5 heteroatoms. The van der Waals surface area contributed by atoms with E-state index in [0.717, 1.165) is 10.8 Å². The molecule has 2 aromatic heterocycles. The first-order chi connectivity index (χ1) is 14.7. The summed E-state index contributed by atoms with van der Waals surface area (Å²) in [7, 11) is 0. The van der Waals surface area contributed by atoms with Crippen molar-refractivity contribution in [2.45, 2.75) is 57.2 Å². The third-order valence-corrected chi connectivity index (χ3v) is 6.89. The smallest absolute Gasteiger partial charge is 0.170 e. The van der Waals surface area contributed by atoms with Gasteiger partial charge in [0.1, 0.15) is 0 Å². The first-order valence-electron chi connectivity index (χ1n) is 11.0. The van der Waals surface area contributed by atoms with Gasteiger partial charge < -0.3 is 14.8 Å². The van der Waals surface area contributed by atoms with E-state index >= 15 is 0 Å². The summed E-state index contributed by atoms with van der Waals surface area (Å²) in [6.07, 6.45) is 10.4. The van der Waals surface area contributed by atoms with Gasteiger partial charge in [-0.25, -0.2) is 0 Å². The van der Waals surface area contributed by atoms with Gasteiger partial charge in [-0.2, -0.15) is 0 Å². The van der Waals surface area contributed by atoms with Crippen LogP contribution in [0.4, 0.5) is 0 Å². The number of hydrogen-bond acceptors (Lipinski definition) is 2. The normalized spacial score (nSPS) is 22.3. The number of hydrogen-bond donors (Lipinski definition) is 1. The van der Waals surface area contributed by atoms with E-state index in [2.05, 4.69) is 76.4 Å². The summed E-state index contributed by atoms with van der Waals surface area (Å²) >= 11 is 5.91. The van der Waals surface area contributed by atoms with Crippen molar-refractivity contribution in [2.75, 3.05) is 0 Å². The number of nitrogens with zero attached hydrogens (tertiary/aromatic N) is 3. The standard InChI is InChI=1S/C25H28N4S/c1-18-10-5-6-14-21(18)28-17-9-15-22(28)24-23(20-13-7-8-16-26-20)27-25(30)29(24)19-11-3-2-4-12-19/h5-10,13-17,19,23-24H,2-4,11-12H2,1H3,(H,27,30)/t23-,24+/m1/s1. The molecular formula is C25H28N4S. The van der Waals surface area contributed by atoms with Gasteiger partial charge in [0.05, 0.1) is 17.8 Å². The van der Waals surface area contributed by atoms with Gasteiger partial charge in [-0.1, -0.05) is 43.5 Å². The molecule has 0 amide bonds. The van der Waals surface area contributed by atoms with Crippen LogP contribution in [-0.2, 0) is 0 Å². The van der Waals surface area contributed by atoms with Crippen molar-refractivity contribution in [3.05, 3.63) is 83.9 Å². The van der Waals surface area contributed by atoms with Crippen molar-refractivity contribution in [1.29, 1.82) is 0 Å². The fourth-order valence-corrected chi connectivity index (χ4v) is 5.51. The summed E-state index contributed by atoms with van der Waals surface area (Å²) in [4.78, 5) is 7.18. The topological polar surface area (TPSA) is 33.1 Å².